The number of phenols is 4. The first-order valence-electron chi connectivity index (χ1n) is 12.3. The molecular formula is C30H25N5O7. The van der Waals surface area contributed by atoms with E-state index in [4.69, 9.17) is 0 Å². The summed E-state index contributed by atoms with van der Waals surface area (Å²) < 4.78 is 0. The first-order chi connectivity index (χ1) is 20.1. The number of aromatic hydroxyl groups is 4. The van der Waals surface area contributed by atoms with Crippen molar-refractivity contribution in [3.05, 3.63) is 94.6 Å². The van der Waals surface area contributed by atoms with Crippen LogP contribution < -0.4 is 16.0 Å². The fraction of sp³-hybridized carbons (Fsp3) is 0.100. The molecule has 0 fully saturated rings. The summed E-state index contributed by atoms with van der Waals surface area (Å²) in [6, 6.07) is 18.3. The number of phenolic OH excluding ortho intramolecular Hbond substituents is 4. The van der Waals surface area contributed by atoms with Gasteiger partial charge in [-0.05, 0) is 59.7 Å². The molecule has 3 aromatic rings. The SMILES string of the molecule is N#C/C(=C\c1ccc(O)c(O)c1)C(=O)NCC(CNC(=O)/C(C#N)=C/c1ccc(O)c(O)c1)NC(=O)c1ccccc1. The summed E-state index contributed by atoms with van der Waals surface area (Å²) in [6.07, 6.45) is 2.39. The Hall–Kier alpha value is -6.27. The average Bonchev–Trinajstić information content (AvgIpc) is 2.99. The van der Waals surface area contributed by atoms with Crippen LogP contribution in [-0.2, 0) is 9.59 Å². The fourth-order valence-corrected chi connectivity index (χ4v) is 3.55. The molecule has 12 heteroatoms. The molecule has 0 unspecified atom stereocenters. The average molecular weight is 568 g/mol. The number of nitriles is 2. The maximum atomic E-state index is 12.8. The molecule has 0 spiro atoms. The maximum absolute atomic E-state index is 12.8. The number of carbonyl (C=O) groups excluding carboxylic acids is 3. The van der Waals surface area contributed by atoms with Crippen molar-refractivity contribution in [2.24, 2.45) is 0 Å². The molecule has 7 N–H and O–H groups in total. The number of carbonyl (C=O) groups is 3. The lowest BCUT2D eigenvalue weighted by molar-refractivity contribution is -0.117. The van der Waals surface area contributed by atoms with Gasteiger partial charge in [0.25, 0.3) is 17.7 Å². The topological polar surface area (TPSA) is 216 Å². The van der Waals surface area contributed by atoms with E-state index in [0.29, 0.717) is 5.56 Å². The predicted octanol–water partition coefficient (Wildman–Crippen LogP) is 2.05. The summed E-state index contributed by atoms with van der Waals surface area (Å²) in [5, 5.41) is 64.9. The van der Waals surface area contributed by atoms with Gasteiger partial charge in [0, 0.05) is 18.7 Å². The Labute approximate surface area is 240 Å². The molecule has 0 saturated carbocycles. The van der Waals surface area contributed by atoms with Crippen LogP contribution in [0.2, 0.25) is 0 Å². The van der Waals surface area contributed by atoms with Crippen molar-refractivity contribution >= 4 is 29.9 Å². The van der Waals surface area contributed by atoms with Crippen LogP contribution in [0.15, 0.2) is 77.9 Å². The zero-order valence-electron chi connectivity index (χ0n) is 21.9. The van der Waals surface area contributed by atoms with Gasteiger partial charge < -0.3 is 36.4 Å². The van der Waals surface area contributed by atoms with Gasteiger partial charge in [0.1, 0.15) is 23.3 Å². The minimum atomic E-state index is -0.888. The van der Waals surface area contributed by atoms with Crippen LogP contribution >= 0.6 is 0 Å². The first kappa shape index (κ1) is 30.3. The molecule has 0 aromatic heterocycles. The summed E-state index contributed by atoms with van der Waals surface area (Å²) in [6.45, 7) is -0.454. The number of hydrogen-bond donors (Lipinski definition) is 7. The third-order valence-electron chi connectivity index (χ3n) is 5.74. The molecule has 0 aliphatic carbocycles. The molecule has 0 aliphatic heterocycles. The van der Waals surface area contributed by atoms with Crippen LogP contribution in [0, 0.1) is 22.7 Å². The Balaban J connectivity index is 1.74. The van der Waals surface area contributed by atoms with E-state index in [0.717, 1.165) is 12.1 Å². The molecule has 3 rings (SSSR count). The second-order valence-electron chi connectivity index (χ2n) is 8.79. The smallest absolute Gasteiger partial charge is 0.262 e. The maximum Gasteiger partial charge on any atom is 0.262 e. The minimum absolute atomic E-state index is 0.227. The summed E-state index contributed by atoms with van der Waals surface area (Å²) in [7, 11) is 0. The molecule has 0 bridgehead atoms. The molecular weight excluding hydrogens is 542 g/mol. The molecule has 212 valence electrons. The summed E-state index contributed by atoms with van der Waals surface area (Å²) >= 11 is 0. The van der Waals surface area contributed by atoms with Gasteiger partial charge in [-0.3, -0.25) is 14.4 Å². The zero-order chi connectivity index (χ0) is 30.6. The van der Waals surface area contributed by atoms with Crippen LogP contribution in [0.4, 0.5) is 0 Å². The molecule has 0 heterocycles. The van der Waals surface area contributed by atoms with Gasteiger partial charge in [-0.15, -0.1) is 0 Å². The Morgan fingerprint density at radius 2 is 1.14 bits per heavy atom. The lowest BCUT2D eigenvalue weighted by atomic mass is 10.1. The van der Waals surface area contributed by atoms with Crippen LogP contribution in [0.5, 0.6) is 23.0 Å². The summed E-state index contributed by atoms with van der Waals surface area (Å²) in [4.78, 5) is 38.2. The second kappa shape index (κ2) is 14.2. The minimum Gasteiger partial charge on any atom is -0.504 e. The van der Waals surface area contributed by atoms with E-state index in [1.165, 1.54) is 36.4 Å². The highest BCUT2D eigenvalue weighted by molar-refractivity contribution is 6.02. The Kier molecular flexibility index (Phi) is 10.2. The van der Waals surface area contributed by atoms with Gasteiger partial charge in [-0.2, -0.15) is 10.5 Å². The Bertz CT molecular complexity index is 1540. The summed E-state index contributed by atoms with van der Waals surface area (Å²) in [5.41, 5.74) is 0.204. The zero-order valence-corrected chi connectivity index (χ0v) is 21.9. The Morgan fingerprint density at radius 3 is 1.55 bits per heavy atom. The van der Waals surface area contributed by atoms with Crippen LogP contribution in [0.3, 0.4) is 0 Å². The number of benzene rings is 3. The van der Waals surface area contributed by atoms with Gasteiger partial charge in [-0.25, -0.2) is 0 Å². The van der Waals surface area contributed by atoms with E-state index in [1.807, 2.05) is 0 Å². The molecule has 42 heavy (non-hydrogen) atoms. The van der Waals surface area contributed by atoms with E-state index >= 15 is 0 Å². The van der Waals surface area contributed by atoms with Crippen LogP contribution in [-0.4, -0.2) is 57.3 Å². The number of amides is 3. The van der Waals surface area contributed by atoms with Crippen molar-refractivity contribution < 1.29 is 34.8 Å². The largest absolute Gasteiger partial charge is 0.504 e. The monoisotopic (exact) mass is 567 g/mol. The van der Waals surface area contributed by atoms with Gasteiger partial charge in [-0.1, -0.05) is 30.3 Å². The van der Waals surface area contributed by atoms with Crippen molar-refractivity contribution in [3.63, 3.8) is 0 Å². The third kappa shape index (κ3) is 8.36. The highest BCUT2D eigenvalue weighted by Gasteiger charge is 2.19. The predicted molar refractivity (Wildman–Crippen MR) is 150 cm³/mol. The molecule has 0 aliphatic rings. The molecule has 0 radical (unpaired) electrons. The van der Waals surface area contributed by atoms with E-state index in [2.05, 4.69) is 16.0 Å². The lowest BCUT2D eigenvalue weighted by Crippen LogP contribution is -2.50. The number of rotatable bonds is 10. The fourth-order valence-electron chi connectivity index (χ4n) is 3.55. The van der Waals surface area contributed by atoms with E-state index in [1.54, 1.807) is 42.5 Å². The number of nitrogens with one attached hydrogen (secondary N) is 3. The molecule has 12 nitrogen and oxygen atoms in total. The van der Waals surface area contributed by atoms with Gasteiger partial charge in [0.15, 0.2) is 23.0 Å². The highest BCUT2D eigenvalue weighted by atomic mass is 16.3. The van der Waals surface area contributed by atoms with Crippen LogP contribution in [0.1, 0.15) is 21.5 Å². The molecule has 0 saturated heterocycles. The van der Waals surface area contributed by atoms with Crippen molar-refractivity contribution in [2.45, 2.75) is 6.04 Å². The standard InChI is InChI=1S/C30H25N5O7/c31-14-21(10-18-6-8-24(36)26(38)12-18)28(40)33-16-23(35-30(42)20-4-2-1-3-5-20)17-34-29(41)22(15-32)11-19-7-9-25(37)27(39)13-19/h1-13,23,36-39H,16-17H2,(H,33,40)(H,34,41)(H,35,42)/b21-10+,22-11+. The van der Waals surface area contributed by atoms with Gasteiger partial charge in [0.2, 0.25) is 0 Å². The quantitative estimate of drug-likeness (QED) is 0.108. The van der Waals surface area contributed by atoms with Crippen molar-refractivity contribution in [1.82, 2.24) is 16.0 Å². The lowest BCUT2D eigenvalue weighted by Gasteiger charge is -2.20. The molecule has 3 amide bonds. The third-order valence-corrected chi connectivity index (χ3v) is 5.74. The molecule has 3 aromatic carbocycles. The first-order valence-corrected chi connectivity index (χ1v) is 12.3. The van der Waals surface area contributed by atoms with Crippen LogP contribution in [0.25, 0.3) is 12.2 Å². The van der Waals surface area contributed by atoms with Crippen molar-refractivity contribution in [2.75, 3.05) is 13.1 Å². The highest BCUT2D eigenvalue weighted by Crippen LogP contribution is 2.26. The van der Waals surface area contributed by atoms with Crippen molar-refractivity contribution in [1.29, 1.82) is 10.5 Å². The van der Waals surface area contributed by atoms with Crippen molar-refractivity contribution in [3.8, 4) is 35.1 Å². The molecule has 0 atom stereocenters. The number of nitrogens with zero attached hydrogens (tertiary/aromatic N) is 2. The van der Waals surface area contributed by atoms with E-state index in [-0.39, 0.29) is 46.9 Å². The van der Waals surface area contributed by atoms with Gasteiger partial charge >= 0.3 is 0 Å². The number of hydrogen-bond acceptors (Lipinski definition) is 9. The normalized spacial score (nSPS) is 11.9. The van der Waals surface area contributed by atoms with E-state index < -0.39 is 35.3 Å². The van der Waals surface area contributed by atoms with Gasteiger partial charge in [0.05, 0.1) is 6.04 Å². The Morgan fingerprint density at radius 1 is 0.690 bits per heavy atom. The second-order valence-corrected chi connectivity index (χ2v) is 8.79. The summed E-state index contributed by atoms with van der Waals surface area (Å²) in [5.74, 6) is -3.73. The van der Waals surface area contributed by atoms with E-state index in [9.17, 15) is 45.3 Å².